The minimum atomic E-state index is -4.40. The Morgan fingerprint density at radius 1 is 1.05 bits per heavy atom. The lowest BCUT2D eigenvalue weighted by molar-refractivity contribution is -0.137. The van der Waals surface area contributed by atoms with Crippen molar-refractivity contribution in [3.63, 3.8) is 0 Å². The molecule has 8 heteroatoms. The molecule has 3 rings (SSSR count). The van der Waals surface area contributed by atoms with Crippen LogP contribution < -0.4 is 11.2 Å². The van der Waals surface area contributed by atoms with Gasteiger partial charge in [-0.3, -0.25) is 14.3 Å². The molecule has 2 N–H and O–H groups in total. The van der Waals surface area contributed by atoms with E-state index in [1.807, 2.05) is 0 Å². The Hall–Kier alpha value is -2.77. The van der Waals surface area contributed by atoms with Crippen molar-refractivity contribution in [2.24, 2.45) is 0 Å². The topological polar surface area (TPSA) is 70.7 Å². The van der Waals surface area contributed by atoms with Gasteiger partial charge in [-0.15, -0.1) is 0 Å². The van der Waals surface area contributed by atoms with E-state index in [9.17, 15) is 22.8 Å². The molecule has 1 aromatic carbocycles. The van der Waals surface area contributed by atoms with E-state index >= 15 is 0 Å². The van der Waals surface area contributed by atoms with E-state index in [1.165, 1.54) is 22.9 Å². The van der Waals surface area contributed by atoms with Gasteiger partial charge in [0.05, 0.1) is 17.6 Å². The van der Waals surface area contributed by atoms with Crippen LogP contribution >= 0.6 is 0 Å². The zero-order chi connectivity index (χ0) is 15.9. The molecule has 3 aromatic rings. The van der Waals surface area contributed by atoms with Gasteiger partial charge in [-0.25, -0.2) is 4.79 Å². The Labute approximate surface area is 121 Å². The Kier molecular flexibility index (Phi) is 3.16. The number of rotatable bonds is 2. The first-order valence-electron chi connectivity index (χ1n) is 6.32. The molecule has 0 radical (unpaired) electrons. The smallest absolute Gasteiger partial charge is 0.355 e. The van der Waals surface area contributed by atoms with Gasteiger partial charge in [0.15, 0.2) is 0 Å². The molecule has 0 aliphatic carbocycles. The molecule has 2 aromatic heterocycles. The summed E-state index contributed by atoms with van der Waals surface area (Å²) in [5, 5.41) is 0. The molecule has 2 heterocycles. The number of aromatic amines is 2. The number of alkyl halides is 3. The van der Waals surface area contributed by atoms with Gasteiger partial charge in [0, 0.05) is 6.20 Å². The Morgan fingerprint density at radius 2 is 1.73 bits per heavy atom. The molecule has 22 heavy (non-hydrogen) atoms. The first-order valence-corrected chi connectivity index (χ1v) is 6.32. The second-order valence-electron chi connectivity index (χ2n) is 4.78. The number of benzene rings is 1. The highest BCUT2D eigenvalue weighted by molar-refractivity contribution is 5.74. The molecule has 0 atom stereocenters. The lowest BCUT2D eigenvalue weighted by atomic mass is 10.1. The molecule has 5 nitrogen and oxygen atoms in total. The van der Waals surface area contributed by atoms with Gasteiger partial charge in [-0.2, -0.15) is 13.2 Å². The van der Waals surface area contributed by atoms with Gasteiger partial charge in [0.25, 0.3) is 5.56 Å². The van der Waals surface area contributed by atoms with Crippen molar-refractivity contribution in [2.75, 3.05) is 0 Å². The van der Waals surface area contributed by atoms with Crippen LogP contribution in [0.3, 0.4) is 0 Å². The van der Waals surface area contributed by atoms with Crippen molar-refractivity contribution in [2.45, 2.75) is 12.7 Å². The average molecular weight is 309 g/mol. The van der Waals surface area contributed by atoms with Crippen LogP contribution in [0.4, 0.5) is 13.2 Å². The highest BCUT2D eigenvalue weighted by Crippen LogP contribution is 2.29. The van der Waals surface area contributed by atoms with Crippen LogP contribution in [-0.4, -0.2) is 14.5 Å². The zero-order valence-electron chi connectivity index (χ0n) is 11.1. The third kappa shape index (κ3) is 2.43. The number of nitrogens with one attached hydrogen (secondary N) is 2. The normalized spacial score (nSPS) is 12.0. The second kappa shape index (κ2) is 4.90. The number of fused-ring (bicyclic) bond motifs is 1. The fraction of sp³-hybridized carbons (Fsp3) is 0.143. The fourth-order valence-electron chi connectivity index (χ4n) is 2.24. The maximum Gasteiger partial charge on any atom is 0.416 e. The van der Waals surface area contributed by atoms with E-state index in [4.69, 9.17) is 0 Å². The SMILES string of the molecule is O=c1[nH]c(=O)n(Cc2ccc(C(F)(F)F)cc2)c2cc[nH]c12. The van der Waals surface area contributed by atoms with Crippen LogP contribution in [0.15, 0.2) is 46.1 Å². The van der Waals surface area contributed by atoms with Crippen molar-refractivity contribution in [1.29, 1.82) is 0 Å². The molecule has 0 saturated carbocycles. The molecule has 0 amide bonds. The molecule has 0 aliphatic rings. The first-order chi connectivity index (χ1) is 10.4. The fourth-order valence-corrected chi connectivity index (χ4v) is 2.24. The summed E-state index contributed by atoms with van der Waals surface area (Å²) in [6.07, 6.45) is -2.89. The lowest BCUT2D eigenvalue weighted by Gasteiger charge is -2.09. The molecule has 0 unspecified atom stereocenters. The van der Waals surface area contributed by atoms with Gasteiger partial charge in [-0.1, -0.05) is 12.1 Å². The molecular weight excluding hydrogens is 299 g/mol. The maximum atomic E-state index is 12.5. The summed E-state index contributed by atoms with van der Waals surface area (Å²) in [7, 11) is 0. The number of nitrogens with zero attached hydrogens (tertiary/aromatic N) is 1. The van der Waals surface area contributed by atoms with E-state index in [2.05, 4.69) is 9.97 Å². The lowest BCUT2D eigenvalue weighted by Crippen LogP contribution is -2.30. The second-order valence-corrected chi connectivity index (χ2v) is 4.78. The van der Waals surface area contributed by atoms with Crippen LogP contribution in [0.5, 0.6) is 0 Å². The summed E-state index contributed by atoms with van der Waals surface area (Å²) in [4.78, 5) is 28.4. The molecule has 0 saturated heterocycles. The monoisotopic (exact) mass is 309 g/mol. The summed E-state index contributed by atoms with van der Waals surface area (Å²) in [6.45, 7) is 0.0576. The summed E-state index contributed by atoms with van der Waals surface area (Å²) in [5.74, 6) is 0. The molecule has 0 spiro atoms. The first kappa shape index (κ1) is 14.2. The predicted molar refractivity (Wildman–Crippen MR) is 73.7 cm³/mol. The van der Waals surface area contributed by atoms with E-state index < -0.39 is 23.0 Å². The summed E-state index contributed by atoms with van der Waals surface area (Å²) < 4.78 is 38.9. The predicted octanol–water partition coefficient (Wildman–Crippen LogP) is 2.08. The van der Waals surface area contributed by atoms with Gasteiger partial charge < -0.3 is 4.98 Å². The van der Waals surface area contributed by atoms with Gasteiger partial charge in [0.1, 0.15) is 5.52 Å². The molecular formula is C14H10F3N3O2. The maximum absolute atomic E-state index is 12.5. The van der Waals surface area contributed by atoms with Gasteiger partial charge in [0.2, 0.25) is 0 Å². The Bertz CT molecular complexity index is 933. The van der Waals surface area contributed by atoms with Crippen molar-refractivity contribution in [3.8, 4) is 0 Å². The van der Waals surface area contributed by atoms with Crippen LogP contribution in [-0.2, 0) is 12.7 Å². The van der Waals surface area contributed by atoms with Crippen LogP contribution in [0.1, 0.15) is 11.1 Å². The van der Waals surface area contributed by atoms with Crippen molar-refractivity contribution >= 4 is 11.0 Å². The largest absolute Gasteiger partial charge is 0.416 e. The van der Waals surface area contributed by atoms with E-state index in [0.29, 0.717) is 11.1 Å². The average Bonchev–Trinajstić information content (AvgIpc) is 2.93. The molecule has 0 fully saturated rings. The standard InChI is InChI=1S/C14H10F3N3O2/c15-14(16,17)9-3-1-8(2-4-9)7-20-10-5-6-18-11(10)12(21)19-13(20)22/h1-6,18H,7H2,(H,19,21,22). The van der Waals surface area contributed by atoms with Gasteiger partial charge >= 0.3 is 11.9 Å². The third-order valence-corrected chi connectivity index (χ3v) is 3.33. The minimum absolute atomic E-state index is 0.0576. The summed E-state index contributed by atoms with van der Waals surface area (Å²) in [5.41, 5.74) is -0.743. The molecule has 0 aliphatic heterocycles. The van der Waals surface area contributed by atoms with Crippen molar-refractivity contribution in [1.82, 2.24) is 14.5 Å². The highest BCUT2D eigenvalue weighted by atomic mass is 19.4. The third-order valence-electron chi connectivity index (χ3n) is 3.33. The number of aromatic nitrogens is 3. The van der Waals surface area contributed by atoms with E-state index in [-0.39, 0.29) is 12.1 Å². The minimum Gasteiger partial charge on any atom is -0.355 e. The Morgan fingerprint density at radius 3 is 2.36 bits per heavy atom. The van der Waals surface area contributed by atoms with Crippen molar-refractivity contribution in [3.05, 3.63) is 68.5 Å². The number of halogens is 3. The quantitative estimate of drug-likeness (QED) is 0.761. The molecule has 114 valence electrons. The van der Waals surface area contributed by atoms with Crippen molar-refractivity contribution < 1.29 is 13.2 Å². The van der Waals surface area contributed by atoms with Crippen LogP contribution in [0, 0.1) is 0 Å². The van der Waals surface area contributed by atoms with Gasteiger partial charge in [-0.05, 0) is 23.8 Å². The summed E-state index contributed by atoms with van der Waals surface area (Å²) in [6, 6.07) is 6.09. The number of hydrogen-bond donors (Lipinski definition) is 2. The number of hydrogen-bond acceptors (Lipinski definition) is 2. The molecule has 0 bridgehead atoms. The van der Waals surface area contributed by atoms with E-state index in [0.717, 1.165) is 12.1 Å². The zero-order valence-corrected chi connectivity index (χ0v) is 11.1. The van der Waals surface area contributed by atoms with Crippen LogP contribution in [0.2, 0.25) is 0 Å². The number of H-pyrrole nitrogens is 2. The Balaban J connectivity index is 2.02. The van der Waals surface area contributed by atoms with E-state index in [1.54, 1.807) is 6.07 Å². The highest BCUT2D eigenvalue weighted by Gasteiger charge is 2.29. The summed E-state index contributed by atoms with van der Waals surface area (Å²) >= 11 is 0. The van der Waals surface area contributed by atoms with Crippen LogP contribution in [0.25, 0.3) is 11.0 Å².